The number of nitrogens with two attached hydrogens (primary N) is 1. The van der Waals surface area contributed by atoms with Gasteiger partial charge in [-0.3, -0.25) is 4.79 Å². The Balaban J connectivity index is 2.31. The number of carbonyl (C=O) groups excluding carboxylic acids is 1. The summed E-state index contributed by atoms with van der Waals surface area (Å²) in [5.74, 6) is 0.720. The Morgan fingerprint density at radius 3 is 2.52 bits per heavy atom. The fourth-order valence-corrected chi connectivity index (χ4v) is 2.76. The molecular formula is C17H27BrN2O. The predicted octanol–water partition coefficient (Wildman–Crippen LogP) is 3.65. The second-order valence-electron chi connectivity index (χ2n) is 5.69. The van der Waals surface area contributed by atoms with Crippen molar-refractivity contribution >= 4 is 21.8 Å². The van der Waals surface area contributed by atoms with Gasteiger partial charge in [0.1, 0.15) is 0 Å². The van der Waals surface area contributed by atoms with E-state index in [0.29, 0.717) is 18.9 Å². The average molecular weight is 355 g/mol. The molecule has 3 N–H and O–H groups in total. The smallest absolute Gasteiger partial charge is 0.220 e. The van der Waals surface area contributed by atoms with Crippen molar-refractivity contribution in [2.24, 2.45) is 11.7 Å². The summed E-state index contributed by atoms with van der Waals surface area (Å²) in [4.78, 5) is 12.0. The maximum Gasteiger partial charge on any atom is 0.220 e. The highest BCUT2D eigenvalue weighted by Gasteiger charge is 2.11. The number of benzene rings is 1. The summed E-state index contributed by atoms with van der Waals surface area (Å²) in [5, 5.41) is 3.08. The highest BCUT2D eigenvalue weighted by atomic mass is 79.9. The fraction of sp³-hybridized carbons (Fsp3) is 0.588. The van der Waals surface area contributed by atoms with Crippen molar-refractivity contribution in [3.8, 4) is 0 Å². The zero-order valence-electron chi connectivity index (χ0n) is 13.1. The normalized spacial score (nSPS) is 13.7. The predicted molar refractivity (Wildman–Crippen MR) is 92.1 cm³/mol. The van der Waals surface area contributed by atoms with E-state index in [0.717, 1.165) is 30.2 Å². The second kappa shape index (κ2) is 9.96. The van der Waals surface area contributed by atoms with Gasteiger partial charge in [0.25, 0.3) is 0 Å². The van der Waals surface area contributed by atoms with Crippen molar-refractivity contribution in [1.82, 2.24) is 5.32 Å². The number of halogens is 1. The number of hydrogen-bond acceptors (Lipinski definition) is 2. The second-order valence-corrected chi connectivity index (χ2v) is 6.61. The quantitative estimate of drug-likeness (QED) is 0.710. The third-order valence-corrected chi connectivity index (χ3v) is 4.32. The molecule has 0 spiro atoms. The summed E-state index contributed by atoms with van der Waals surface area (Å²) in [6, 6.07) is 8.39. The van der Waals surface area contributed by atoms with Crippen molar-refractivity contribution in [1.29, 1.82) is 0 Å². The number of hydrogen-bond donors (Lipinski definition) is 2. The van der Waals surface area contributed by atoms with E-state index in [9.17, 15) is 4.79 Å². The van der Waals surface area contributed by atoms with Crippen LogP contribution in [-0.2, 0) is 11.2 Å². The monoisotopic (exact) mass is 354 g/mol. The standard InChI is InChI=1S/C17H27BrN2O/c1-3-14(10-11-19)6-9-17(21)20-13(2)12-15-4-7-16(18)8-5-15/h4-5,7-8,13-14H,3,6,9-12,19H2,1-2H3,(H,20,21). The lowest BCUT2D eigenvalue weighted by molar-refractivity contribution is -0.122. The molecule has 1 rings (SSSR count). The summed E-state index contributed by atoms with van der Waals surface area (Å²) >= 11 is 3.43. The Bertz CT molecular complexity index is 419. The van der Waals surface area contributed by atoms with E-state index in [1.54, 1.807) is 0 Å². The molecule has 0 fully saturated rings. The minimum absolute atomic E-state index is 0.148. The maximum atomic E-state index is 12.0. The van der Waals surface area contributed by atoms with Gasteiger partial charge in [-0.25, -0.2) is 0 Å². The summed E-state index contributed by atoms with van der Waals surface area (Å²) in [7, 11) is 0. The highest BCUT2D eigenvalue weighted by Crippen LogP contribution is 2.15. The van der Waals surface area contributed by atoms with Crippen LogP contribution < -0.4 is 11.1 Å². The Kier molecular flexibility index (Phi) is 8.62. The van der Waals surface area contributed by atoms with Crippen LogP contribution >= 0.6 is 15.9 Å². The van der Waals surface area contributed by atoms with Crippen molar-refractivity contribution in [3.63, 3.8) is 0 Å². The van der Waals surface area contributed by atoms with Gasteiger partial charge < -0.3 is 11.1 Å². The molecule has 0 bridgehead atoms. The van der Waals surface area contributed by atoms with Crippen LogP contribution in [0.2, 0.25) is 0 Å². The molecule has 0 saturated carbocycles. The van der Waals surface area contributed by atoms with Gasteiger partial charge in [0, 0.05) is 16.9 Å². The molecule has 4 heteroatoms. The van der Waals surface area contributed by atoms with Gasteiger partial charge in [-0.15, -0.1) is 0 Å². The van der Waals surface area contributed by atoms with Crippen molar-refractivity contribution in [3.05, 3.63) is 34.3 Å². The van der Waals surface area contributed by atoms with Gasteiger partial charge in [0.05, 0.1) is 0 Å². The minimum Gasteiger partial charge on any atom is -0.353 e. The summed E-state index contributed by atoms with van der Waals surface area (Å²) in [5.41, 5.74) is 6.82. The van der Waals surface area contributed by atoms with Crippen LogP contribution in [0.15, 0.2) is 28.7 Å². The molecule has 0 heterocycles. The van der Waals surface area contributed by atoms with Crippen molar-refractivity contribution in [2.45, 2.75) is 52.0 Å². The van der Waals surface area contributed by atoms with E-state index in [4.69, 9.17) is 5.73 Å². The van der Waals surface area contributed by atoms with Gasteiger partial charge >= 0.3 is 0 Å². The van der Waals surface area contributed by atoms with E-state index in [1.807, 2.05) is 12.1 Å². The Morgan fingerprint density at radius 1 is 1.29 bits per heavy atom. The zero-order valence-corrected chi connectivity index (χ0v) is 14.7. The van der Waals surface area contributed by atoms with E-state index >= 15 is 0 Å². The molecule has 0 aliphatic rings. The van der Waals surface area contributed by atoms with E-state index in [1.165, 1.54) is 5.56 Å². The van der Waals surface area contributed by atoms with E-state index in [-0.39, 0.29) is 11.9 Å². The molecule has 118 valence electrons. The lowest BCUT2D eigenvalue weighted by atomic mass is 9.96. The number of carbonyl (C=O) groups is 1. The molecule has 21 heavy (non-hydrogen) atoms. The van der Waals surface area contributed by atoms with Crippen molar-refractivity contribution < 1.29 is 4.79 Å². The average Bonchev–Trinajstić information content (AvgIpc) is 2.45. The third kappa shape index (κ3) is 7.63. The van der Waals surface area contributed by atoms with E-state index < -0.39 is 0 Å². The van der Waals surface area contributed by atoms with Crippen LogP contribution in [0, 0.1) is 5.92 Å². The van der Waals surface area contributed by atoms with Crippen molar-refractivity contribution in [2.75, 3.05) is 6.54 Å². The minimum atomic E-state index is 0.148. The topological polar surface area (TPSA) is 55.1 Å². The van der Waals surface area contributed by atoms with Gasteiger partial charge in [0.2, 0.25) is 5.91 Å². The van der Waals surface area contributed by atoms with Crippen LogP contribution in [0.5, 0.6) is 0 Å². The van der Waals surface area contributed by atoms with Crippen LogP contribution in [0.25, 0.3) is 0 Å². The molecule has 0 aromatic heterocycles. The van der Waals surface area contributed by atoms with Crippen LogP contribution in [0.4, 0.5) is 0 Å². The largest absolute Gasteiger partial charge is 0.353 e. The molecule has 0 radical (unpaired) electrons. The number of rotatable bonds is 9. The lowest BCUT2D eigenvalue weighted by Crippen LogP contribution is -2.34. The van der Waals surface area contributed by atoms with Gasteiger partial charge in [-0.1, -0.05) is 41.4 Å². The molecular weight excluding hydrogens is 328 g/mol. The number of nitrogens with one attached hydrogen (secondary N) is 1. The Labute approximate surface area is 136 Å². The molecule has 2 unspecified atom stereocenters. The van der Waals surface area contributed by atoms with Gasteiger partial charge in [-0.2, -0.15) is 0 Å². The molecule has 0 saturated heterocycles. The first-order valence-corrected chi connectivity index (χ1v) is 8.58. The molecule has 0 aliphatic heterocycles. The van der Waals surface area contributed by atoms with Crippen LogP contribution in [0.1, 0.15) is 45.1 Å². The molecule has 3 nitrogen and oxygen atoms in total. The van der Waals surface area contributed by atoms with Crippen LogP contribution in [-0.4, -0.2) is 18.5 Å². The fourth-order valence-electron chi connectivity index (χ4n) is 2.50. The number of amides is 1. The Hall–Kier alpha value is -0.870. The third-order valence-electron chi connectivity index (χ3n) is 3.79. The molecule has 2 atom stereocenters. The summed E-state index contributed by atoms with van der Waals surface area (Å²) < 4.78 is 1.08. The Morgan fingerprint density at radius 2 is 1.95 bits per heavy atom. The molecule has 1 aromatic rings. The van der Waals surface area contributed by atoms with Crippen LogP contribution in [0.3, 0.4) is 0 Å². The first-order chi connectivity index (χ1) is 10.0. The maximum absolute atomic E-state index is 12.0. The van der Waals surface area contributed by atoms with Gasteiger partial charge in [0.15, 0.2) is 0 Å². The first-order valence-electron chi connectivity index (χ1n) is 7.79. The molecule has 1 aromatic carbocycles. The lowest BCUT2D eigenvalue weighted by Gasteiger charge is -2.16. The summed E-state index contributed by atoms with van der Waals surface area (Å²) in [6.45, 7) is 4.92. The summed E-state index contributed by atoms with van der Waals surface area (Å²) in [6.07, 6.45) is 4.50. The van der Waals surface area contributed by atoms with E-state index in [2.05, 4.69) is 47.2 Å². The first kappa shape index (κ1) is 18.2. The molecule has 1 amide bonds. The molecule has 0 aliphatic carbocycles. The SMILES string of the molecule is CCC(CCN)CCC(=O)NC(C)Cc1ccc(Br)cc1. The highest BCUT2D eigenvalue weighted by molar-refractivity contribution is 9.10. The zero-order chi connectivity index (χ0) is 15.7. The van der Waals surface area contributed by atoms with Gasteiger partial charge in [-0.05, 0) is 56.3 Å².